The van der Waals surface area contributed by atoms with Crippen LogP contribution in [0.2, 0.25) is 0 Å². The van der Waals surface area contributed by atoms with Gasteiger partial charge in [0.25, 0.3) is 0 Å². The number of fused-ring (bicyclic) bond motifs is 2. The molecular weight excluding hydrogens is 708 g/mol. The van der Waals surface area contributed by atoms with Gasteiger partial charge in [-0.05, 0) is 48.6 Å². The van der Waals surface area contributed by atoms with Crippen LogP contribution in [0.4, 0.5) is 5.69 Å². The van der Waals surface area contributed by atoms with E-state index in [1.54, 1.807) is 84.2 Å². The fourth-order valence-corrected chi connectivity index (χ4v) is 6.82. The van der Waals surface area contributed by atoms with E-state index in [0.29, 0.717) is 33.8 Å². The number of nitrogens with zero attached hydrogens (tertiary/aromatic N) is 2. The smallest absolute Gasteiger partial charge is 0.229 e. The maximum Gasteiger partial charge on any atom is 0.229 e. The van der Waals surface area contributed by atoms with Crippen molar-refractivity contribution in [2.24, 2.45) is 7.05 Å². The van der Waals surface area contributed by atoms with Gasteiger partial charge in [0.15, 0.2) is 5.78 Å². The van der Waals surface area contributed by atoms with Crippen molar-refractivity contribution in [3.63, 3.8) is 0 Å². The van der Waals surface area contributed by atoms with Gasteiger partial charge in [-0.2, -0.15) is 4.57 Å². The Hall–Kier alpha value is -4.72. The number of aryl methyl sites for hydroxylation is 1. The van der Waals surface area contributed by atoms with Crippen molar-refractivity contribution in [1.29, 1.82) is 0 Å². The second-order valence-electron chi connectivity index (χ2n) is 13.5. The molecule has 16 heteroatoms. The normalized spacial score (nSPS) is 32.6. The second kappa shape index (κ2) is 14.8. The Bertz CT molecular complexity index is 2080. The molecule has 54 heavy (non-hydrogen) atoms. The molecule has 4 aliphatic rings. The zero-order chi connectivity index (χ0) is 38.6. The summed E-state index contributed by atoms with van der Waals surface area (Å²) < 4.78 is 24.2. The minimum absolute atomic E-state index is 0.0252. The summed E-state index contributed by atoms with van der Waals surface area (Å²) in [6.45, 7) is -1.17. The summed E-state index contributed by atoms with van der Waals surface area (Å²) in [6, 6.07) is 13.5. The Morgan fingerprint density at radius 3 is 1.96 bits per heavy atom. The highest BCUT2D eigenvalue weighted by Gasteiger charge is 2.46. The van der Waals surface area contributed by atoms with Gasteiger partial charge in [0.1, 0.15) is 67.4 Å². The van der Waals surface area contributed by atoms with Crippen molar-refractivity contribution in [2.45, 2.75) is 61.4 Å². The number of Topliss-reactive ketones (excluding diaryl/α,β-unsaturated/α-hetero) is 1. The summed E-state index contributed by atoms with van der Waals surface area (Å²) in [6.07, 6.45) is -7.66. The standard InChI is InChI=1S/C38H40N2O14/c1-39-19(5-3-17-11-21(7-9-25(17)39)51-37-35(49)33(47)31(45)27(15-41)53-37)13-23-29(43)24(30(23)44)14-20-6-4-18-12-22(8-10-26(18)40(20)2)52-38-36(50)34(48)32(46)28(16-42)54-38/h3-14,27-28,31-38,41-42,45-50H,15-16H2,1-2H3/t27-,28-,31-,32-,33+,34+,35-,36-,37-,38-/m1/s1. The van der Waals surface area contributed by atoms with E-state index in [0.717, 1.165) is 11.2 Å². The number of aromatic nitrogens is 1. The molecule has 2 fully saturated rings. The molecule has 1 aliphatic carbocycles. The first kappa shape index (κ1) is 37.6. The number of aliphatic hydroxyl groups is 8. The van der Waals surface area contributed by atoms with Crippen molar-refractivity contribution in [3.05, 3.63) is 94.5 Å². The molecule has 2 saturated heterocycles. The number of ketones is 1. The van der Waals surface area contributed by atoms with E-state index >= 15 is 0 Å². The van der Waals surface area contributed by atoms with Crippen LogP contribution >= 0.6 is 0 Å². The van der Waals surface area contributed by atoms with Gasteiger partial charge in [-0.25, -0.2) is 0 Å². The van der Waals surface area contributed by atoms with Gasteiger partial charge in [0.2, 0.25) is 23.8 Å². The van der Waals surface area contributed by atoms with E-state index in [2.05, 4.69) is 0 Å². The number of ether oxygens (including phenoxy) is 4. The van der Waals surface area contributed by atoms with Crippen molar-refractivity contribution in [1.82, 2.24) is 0 Å². The van der Waals surface area contributed by atoms with Crippen LogP contribution in [0.5, 0.6) is 11.5 Å². The summed E-state index contributed by atoms with van der Waals surface area (Å²) in [5, 5.41) is 93.7. The molecule has 0 saturated carbocycles. The third-order valence-corrected chi connectivity index (χ3v) is 10.1. The average Bonchev–Trinajstić information content (AvgIpc) is 3.17. The SMILES string of the molecule is CN1/C(=C\C2=C([O-])C(=C/c3ccc4cc(O[C@@H]5O[C@H](CO)[C@@H](O)[C@H](O)[C@H]5O)ccc4[n+]3C)/C2=O)C=Cc2cc(O[C@@H]3O[C@H](CO)[C@@H](O)[C@H](O)[C@H]3O)ccc21. The molecule has 3 aliphatic heterocycles. The maximum absolute atomic E-state index is 13.3. The molecule has 0 bridgehead atoms. The first-order chi connectivity index (χ1) is 25.8. The van der Waals surface area contributed by atoms with Crippen LogP contribution in [0.25, 0.3) is 23.1 Å². The van der Waals surface area contributed by atoms with Crippen molar-refractivity contribution in [3.8, 4) is 11.5 Å². The molecular formula is C38H40N2O14. The number of benzene rings is 2. The van der Waals surface area contributed by atoms with Crippen molar-refractivity contribution < 1.29 is 74.3 Å². The summed E-state index contributed by atoms with van der Waals surface area (Å²) >= 11 is 0. The minimum Gasteiger partial charge on any atom is -0.871 e. The van der Waals surface area contributed by atoms with E-state index in [9.17, 15) is 50.8 Å². The number of hydrogen-bond acceptors (Lipinski definition) is 15. The molecule has 16 nitrogen and oxygen atoms in total. The van der Waals surface area contributed by atoms with Crippen molar-refractivity contribution >= 4 is 34.5 Å². The topological polar surface area (TPSA) is 246 Å². The van der Waals surface area contributed by atoms with Crippen LogP contribution in [0.3, 0.4) is 0 Å². The number of likely N-dealkylation sites (N-methyl/N-ethyl adjacent to an activating group) is 1. The van der Waals surface area contributed by atoms with E-state index in [1.165, 1.54) is 12.2 Å². The molecule has 286 valence electrons. The number of allylic oxidation sites excluding steroid dienone is 4. The lowest BCUT2D eigenvalue weighted by molar-refractivity contribution is -0.646. The number of aliphatic hydroxyl groups excluding tert-OH is 8. The fraction of sp³-hybridized carbons (Fsp3) is 0.368. The second-order valence-corrected chi connectivity index (χ2v) is 13.5. The molecule has 0 spiro atoms. The number of carbonyl (C=O) groups is 1. The summed E-state index contributed by atoms with van der Waals surface area (Å²) in [4.78, 5) is 15.0. The minimum atomic E-state index is -1.58. The molecule has 0 radical (unpaired) electrons. The fourth-order valence-electron chi connectivity index (χ4n) is 6.82. The zero-order valence-corrected chi connectivity index (χ0v) is 29.0. The van der Waals surface area contributed by atoms with E-state index < -0.39 is 86.2 Å². The largest absolute Gasteiger partial charge is 0.871 e. The lowest BCUT2D eigenvalue weighted by atomic mass is 9.86. The molecule has 7 rings (SSSR count). The molecule has 10 atom stereocenters. The van der Waals surface area contributed by atoms with Crippen LogP contribution < -0.4 is 24.0 Å². The first-order valence-corrected chi connectivity index (χ1v) is 17.1. The lowest BCUT2D eigenvalue weighted by Crippen LogP contribution is -2.60. The molecule has 2 aromatic carbocycles. The third kappa shape index (κ3) is 6.66. The average molecular weight is 749 g/mol. The molecule has 0 unspecified atom stereocenters. The Kier molecular flexibility index (Phi) is 10.3. The maximum atomic E-state index is 13.3. The summed E-state index contributed by atoms with van der Waals surface area (Å²) in [7, 11) is 3.54. The molecule has 1 aromatic heterocycles. The molecule has 8 N–H and O–H groups in total. The highest BCUT2D eigenvalue weighted by molar-refractivity contribution is 6.23. The van der Waals surface area contributed by atoms with Crippen LogP contribution in [-0.2, 0) is 21.3 Å². The number of anilines is 1. The van der Waals surface area contributed by atoms with Crippen LogP contribution in [0.1, 0.15) is 11.3 Å². The predicted molar refractivity (Wildman–Crippen MR) is 186 cm³/mol. The van der Waals surface area contributed by atoms with E-state index in [4.69, 9.17) is 18.9 Å². The van der Waals surface area contributed by atoms with E-state index in [1.807, 2.05) is 0 Å². The number of carbonyl (C=O) groups excluding carboxylic acids is 1. The lowest BCUT2D eigenvalue weighted by Gasteiger charge is -2.39. The van der Waals surface area contributed by atoms with Gasteiger partial charge in [-0.1, -0.05) is 11.8 Å². The van der Waals surface area contributed by atoms with Gasteiger partial charge in [0.05, 0.1) is 18.6 Å². The van der Waals surface area contributed by atoms with Gasteiger partial charge in [0, 0.05) is 53.4 Å². The van der Waals surface area contributed by atoms with Gasteiger partial charge >= 0.3 is 0 Å². The zero-order valence-electron chi connectivity index (χ0n) is 29.0. The molecule has 0 amide bonds. The highest BCUT2D eigenvalue weighted by atomic mass is 16.7. The number of pyridine rings is 1. The monoisotopic (exact) mass is 748 g/mol. The first-order valence-electron chi connectivity index (χ1n) is 17.1. The Morgan fingerprint density at radius 1 is 0.778 bits per heavy atom. The van der Waals surface area contributed by atoms with Crippen molar-refractivity contribution in [2.75, 3.05) is 25.2 Å². The van der Waals surface area contributed by atoms with Crippen LogP contribution in [-0.4, -0.2) is 128 Å². The Balaban J connectivity index is 1.05. The quantitative estimate of drug-likeness (QED) is 0.0888. The molecule has 4 heterocycles. The molecule has 3 aromatic rings. The van der Waals surface area contributed by atoms with Gasteiger partial charge in [-0.3, -0.25) is 4.79 Å². The Morgan fingerprint density at radius 2 is 1.37 bits per heavy atom. The van der Waals surface area contributed by atoms with Crippen LogP contribution in [0.15, 0.2) is 83.3 Å². The highest BCUT2D eigenvalue weighted by Crippen LogP contribution is 2.37. The van der Waals surface area contributed by atoms with Crippen LogP contribution in [0, 0.1) is 0 Å². The number of hydrogen-bond donors (Lipinski definition) is 8. The third-order valence-electron chi connectivity index (χ3n) is 10.1. The summed E-state index contributed by atoms with van der Waals surface area (Å²) in [5.74, 6) is -0.236. The van der Waals surface area contributed by atoms with E-state index in [-0.39, 0.29) is 11.1 Å². The summed E-state index contributed by atoms with van der Waals surface area (Å²) in [5.41, 5.74) is 3.38. The van der Waals surface area contributed by atoms with Gasteiger partial charge in [-0.15, -0.1) is 0 Å². The number of rotatable bonds is 8. The Labute approximate surface area is 308 Å². The van der Waals surface area contributed by atoms with Gasteiger partial charge < -0.3 is 69.8 Å². The predicted octanol–water partition coefficient (Wildman–Crippen LogP) is -2.35.